The first kappa shape index (κ1) is 45.5. The summed E-state index contributed by atoms with van der Waals surface area (Å²) >= 11 is 0. The van der Waals surface area contributed by atoms with Gasteiger partial charge in [0.15, 0.2) is 0 Å². The first-order chi connectivity index (χ1) is 19.2. The first-order valence-corrected chi connectivity index (χ1v) is 18.9. The van der Waals surface area contributed by atoms with Crippen LogP contribution in [0, 0.1) is 0 Å². The minimum atomic E-state index is -4.73. The van der Waals surface area contributed by atoms with Crippen molar-refractivity contribution < 1.29 is 27.8 Å². The van der Waals surface area contributed by atoms with Crippen LogP contribution in [0.4, 0.5) is 0 Å². The van der Waals surface area contributed by atoms with Gasteiger partial charge in [-0.05, 0) is 32.1 Å². The topological polar surface area (TPSA) is 72.4 Å². The molecule has 252 valence electrons. The minimum absolute atomic E-state index is 0.0381. The fourth-order valence-corrected chi connectivity index (χ4v) is 4.85. The van der Waals surface area contributed by atoms with Gasteiger partial charge in [-0.1, -0.05) is 130 Å². The molecule has 0 aromatic rings. The summed E-state index contributed by atoms with van der Waals surface area (Å²) in [7, 11) is 8.95. The van der Waals surface area contributed by atoms with Crippen molar-refractivity contribution in [1.82, 2.24) is 0 Å². The molecule has 0 amide bonds. The van der Waals surface area contributed by atoms with Crippen LogP contribution >= 0.6 is 7.82 Å². The molecule has 0 spiro atoms. The smallest absolute Gasteiger partial charge is 0.0780 e. The zero-order valence-electron chi connectivity index (χ0n) is 29.7. The number of quaternary nitrogens is 2. The zero-order chi connectivity index (χ0) is 31.9. The van der Waals surface area contributed by atoms with Crippen LogP contribution in [0.3, 0.4) is 0 Å². The maximum atomic E-state index is 10.0. The van der Waals surface area contributed by atoms with Crippen molar-refractivity contribution >= 4 is 7.82 Å². The number of hydrogen-bond acceptors (Lipinski definition) is 4. The maximum Gasteiger partial charge on any atom is 0.0780 e. The van der Waals surface area contributed by atoms with Crippen molar-refractivity contribution in [2.24, 2.45) is 0 Å². The molecular formula is C34H77N2O4P. The third-order valence-corrected chi connectivity index (χ3v) is 7.61. The normalized spacial score (nSPS) is 12.0. The van der Waals surface area contributed by atoms with Gasteiger partial charge in [0.2, 0.25) is 0 Å². The Bertz CT molecular complexity index is 512. The van der Waals surface area contributed by atoms with Crippen LogP contribution in [0.2, 0.25) is 0 Å². The van der Waals surface area contributed by atoms with Crippen LogP contribution in [0.1, 0.15) is 162 Å². The Kier molecular flexibility index (Phi) is 34.9. The predicted octanol–water partition coefficient (Wildman–Crippen LogP) is 8.86. The van der Waals surface area contributed by atoms with Crippen LogP contribution in [0.15, 0.2) is 0 Å². The van der Waals surface area contributed by atoms with Gasteiger partial charge >= 0.3 is 0 Å². The molecule has 0 aliphatic rings. The second-order valence-corrected chi connectivity index (χ2v) is 15.2. The van der Waals surface area contributed by atoms with Gasteiger partial charge in [0.1, 0.15) is 0 Å². The van der Waals surface area contributed by atoms with Gasteiger partial charge in [0, 0.05) is 0 Å². The highest BCUT2D eigenvalue weighted by Crippen LogP contribution is 2.24. The van der Waals surface area contributed by atoms with E-state index in [1.807, 2.05) is 0 Å². The summed E-state index contributed by atoms with van der Waals surface area (Å²) in [5.41, 5.74) is 0. The molecule has 0 N–H and O–H groups in total. The van der Waals surface area contributed by atoms with Gasteiger partial charge in [0.25, 0.3) is 0 Å². The van der Waals surface area contributed by atoms with Crippen molar-refractivity contribution in [1.29, 1.82) is 0 Å². The molecule has 0 saturated carbocycles. The Balaban J connectivity index is -0.000000529. The number of hydrogen-bond donors (Lipinski definition) is 0. The Hall–Kier alpha value is 0.0300. The number of phosphoric acid groups is 1. The van der Waals surface area contributed by atoms with Crippen LogP contribution in [-0.2, 0) is 9.09 Å². The van der Waals surface area contributed by atoms with E-state index in [1.54, 1.807) is 0 Å². The minimum Gasteiger partial charge on any atom is -0.790 e. The Morgan fingerprint density at radius 2 is 0.683 bits per heavy atom. The van der Waals surface area contributed by atoms with Crippen molar-refractivity contribution in [2.75, 3.05) is 62.0 Å². The summed E-state index contributed by atoms with van der Waals surface area (Å²) in [6, 6.07) is 0. The van der Waals surface area contributed by atoms with Crippen molar-refractivity contribution in [3.05, 3.63) is 0 Å². The fraction of sp³-hybridized carbons (Fsp3) is 1.00. The maximum absolute atomic E-state index is 10.0. The molecule has 0 aromatic heterocycles. The van der Waals surface area contributed by atoms with Crippen LogP contribution in [-0.4, -0.2) is 70.9 Å². The van der Waals surface area contributed by atoms with E-state index in [0.29, 0.717) is 6.42 Å². The van der Waals surface area contributed by atoms with E-state index < -0.39 is 7.82 Å². The summed E-state index contributed by atoms with van der Waals surface area (Å²) < 4.78 is 16.3. The molecule has 0 heterocycles. The molecule has 0 unspecified atom stereocenters. The average molecular weight is 609 g/mol. The van der Waals surface area contributed by atoms with E-state index in [4.69, 9.17) is 0 Å². The Morgan fingerprint density at radius 1 is 0.439 bits per heavy atom. The monoisotopic (exact) mass is 609 g/mol. The molecule has 0 saturated heterocycles. The van der Waals surface area contributed by atoms with E-state index in [1.165, 1.54) is 135 Å². The molecule has 0 aliphatic heterocycles. The van der Waals surface area contributed by atoms with E-state index in [9.17, 15) is 14.4 Å². The summed E-state index contributed by atoms with van der Waals surface area (Å²) in [4.78, 5) is 20.0. The van der Waals surface area contributed by atoms with Gasteiger partial charge in [-0.25, -0.2) is 0 Å². The molecule has 0 rings (SSSR count). The summed E-state index contributed by atoms with van der Waals surface area (Å²) in [5.74, 6) is 0. The molecule has 0 aliphatic carbocycles. The number of phosphoric ester groups is 1. The van der Waals surface area contributed by atoms with Crippen molar-refractivity contribution in [3.63, 3.8) is 0 Å². The van der Waals surface area contributed by atoms with Crippen LogP contribution in [0.25, 0.3) is 0 Å². The largest absolute Gasteiger partial charge is 0.790 e. The molecule has 41 heavy (non-hydrogen) atoms. The molecule has 0 fully saturated rings. The third kappa shape index (κ3) is 56.4. The van der Waals surface area contributed by atoms with E-state index in [2.05, 4.69) is 67.6 Å². The molecular weight excluding hydrogens is 531 g/mol. The van der Waals surface area contributed by atoms with Gasteiger partial charge in [-0.2, -0.15) is 0 Å². The number of nitrogens with zero attached hydrogens (tertiary/aromatic N) is 2. The average Bonchev–Trinajstić information content (AvgIpc) is 2.85. The second-order valence-electron chi connectivity index (χ2n) is 14.0. The van der Waals surface area contributed by atoms with E-state index in [-0.39, 0.29) is 6.61 Å². The summed E-state index contributed by atoms with van der Waals surface area (Å²) in [5, 5.41) is 0. The van der Waals surface area contributed by atoms with E-state index >= 15 is 0 Å². The standard InChI is InChI=1S/2C13H30N.C8H19O4P/c2*1-5-6-7-8-9-10-11-12-13-14(2,3)4;1-2-3-4-5-6-7-8-12-13(9,10)11/h2*5-13H2,1-4H3;2-8H2,1H3,(H2,9,10,11)/q2*+1;/p-2. The van der Waals surface area contributed by atoms with Gasteiger partial charge in [0.05, 0.1) is 69.8 Å². The summed E-state index contributed by atoms with van der Waals surface area (Å²) in [6.45, 7) is 9.39. The first-order valence-electron chi connectivity index (χ1n) is 17.5. The highest BCUT2D eigenvalue weighted by Gasteiger charge is 2.05. The van der Waals surface area contributed by atoms with Crippen LogP contribution < -0.4 is 9.79 Å². The molecule has 0 aromatic carbocycles. The van der Waals surface area contributed by atoms with E-state index in [0.717, 1.165) is 21.8 Å². The lowest BCUT2D eigenvalue weighted by Crippen LogP contribution is -2.35. The molecule has 6 nitrogen and oxygen atoms in total. The fourth-order valence-electron chi connectivity index (χ4n) is 4.50. The molecule has 0 radical (unpaired) electrons. The highest BCUT2D eigenvalue weighted by atomic mass is 31.2. The Labute approximate surface area is 259 Å². The van der Waals surface area contributed by atoms with Crippen LogP contribution in [0.5, 0.6) is 0 Å². The lowest BCUT2D eigenvalue weighted by atomic mass is 10.1. The van der Waals surface area contributed by atoms with Gasteiger partial charge in [-0.15, -0.1) is 0 Å². The Morgan fingerprint density at radius 3 is 0.927 bits per heavy atom. The number of rotatable bonds is 26. The SMILES string of the molecule is CCCCCCCCCC[N+](C)(C)C.CCCCCCCCCC[N+](C)(C)C.CCCCCCCCOP(=O)([O-])[O-]. The second kappa shape index (κ2) is 31.5. The van der Waals surface area contributed by atoms with Crippen molar-refractivity contribution in [3.8, 4) is 0 Å². The van der Waals surface area contributed by atoms with Gasteiger partial charge in [-0.3, -0.25) is 0 Å². The molecule has 0 atom stereocenters. The predicted molar refractivity (Wildman–Crippen MR) is 178 cm³/mol. The lowest BCUT2D eigenvalue weighted by Gasteiger charge is -2.28. The number of unbranched alkanes of at least 4 members (excludes halogenated alkanes) is 19. The zero-order valence-corrected chi connectivity index (χ0v) is 30.5. The molecule has 7 heteroatoms. The lowest BCUT2D eigenvalue weighted by molar-refractivity contribution is -0.870. The van der Waals surface area contributed by atoms with Gasteiger partial charge < -0.3 is 27.8 Å². The molecule has 0 bridgehead atoms. The highest BCUT2D eigenvalue weighted by molar-refractivity contribution is 7.43. The third-order valence-electron chi connectivity index (χ3n) is 7.11. The van der Waals surface area contributed by atoms with Crippen molar-refractivity contribution in [2.45, 2.75) is 162 Å². The summed E-state index contributed by atoms with van der Waals surface area (Å²) in [6.07, 6.45) is 29.1. The quantitative estimate of drug-likeness (QED) is 0.0559.